The molecule has 2 aliphatic heterocycles. The quantitative estimate of drug-likeness (QED) is 0.775. The van der Waals surface area contributed by atoms with Crippen molar-refractivity contribution < 1.29 is 19.1 Å². The first-order valence-electron chi connectivity index (χ1n) is 10.5. The fourth-order valence-corrected chi connectivity index (χ4v) is 3.70. The number of piperidine rings is 1. The minimum atomic E-state index is -0.504. The number of amides is 3. The Morgan fingerprint density at radius 3 is 2.25 bits per heavy atom. The topological polar surface area (TPSA) is 82.2 Å². The largest absolute Gasteiger partial charge is 0.444 e. The van der Waals surface area contributed by atoms with Gasteiger partial charge in [-0.1, -0.05) is 0 Å². The van der Waals surface area contributed by atoms with Gasteiger partial charge in [-0.15, -0.1) is 0 Å². The third kappa shape index (κ3) is 6.96. The van der Waals surface area contributed by atoms with E-state index in [1.807, 2.05) is 32.6 Å². The van der Waals surface area contributed by atoms with Crippen LogP contribution in [0.1, 0.15) is 47.0 Å². The molecular weight excluding hydrogens is 360 g/mol. The van der Waals surface area contributed by atoms with E-state index in [2.05, 4.69) is 10.2 Å². The molecule has 2 fully saturated rings. The molecule has 0 unspecified atom stereocenters. The van der Waals surface area contributed by atoms with Crippen LogP contribution >= 0.6 is 0 Å². The van der Waals surface area contributed by atoms with Crippen LogP contribution < -0.4 is 5.32 Å². The van der Waals surface area contributed by atoms with Gasteiger partial charge in [-0.2, -0.15) is 0 Å². The molecule has 0 bridgehead atoms. The van der Waals surface area contributed by atoms with Crippen LogP contribution in [0.5, 0.6) is 0 Å². The normalized spacial score (nSPS) is 19.9. The number of rotatable bonds is 4. The summed E-state index contributed by atoms with van der Waals surface area (Å²) < 4.78 is 5.42. The summed E-state index contributed by atoms with van der Waals surface area (Å²) in [6.45, 7) is 12.6. The van der Waals surface area contributed by atoms with Gasteiger partial charge in [0.05, 0.1) is 6.54 Å². The first-order chi connectivity index (χ1) is 13.2. The molecule has 0 aromatic rings. The van der Waals surface area contributed by atoms with Gasteiger partial charge < -0.3 is 19.9 Å². The lowest BCUT2D eigenvalue weighted by Gasteiger charge is -2.34. The van der Waals surface area contributed by atoms with Gasteiger partial charge in [-0.25, -0.2) is 4.79 Å². The summed E-state index contributed by atoms with van der Waals surface area (Å²) in [4.78, 5) is 42.6. The molecule has 2 aliphatic rings. The Bertz CT molecular complexity index is 553. The highest BCUT2D eigenvalue weighted by Gasteiger charge is 2.32. The van der Waals surface area contributed by atoms with Crippen LogP contribution in [-0.4, -0.2) is 90.6 Å². The number of carbonyl (C=O) groups excluding carboxylic acids is 3. The zero-order chi connectivity index (χ0) is 20.7. The Labute approximate surface area is 168 Å². The van der Waals surface area contributed by atoms with E-state index in [1.54, 1.807) is 4.90 Å². The molecule has 0 spiro atoms. The van der Waals surface area contributed by atoms with Crippen LogP contribution in [0.3, 0.4) is 0 Å². The first kappa shape index (κ1) is 22.5. The summed E-state index contributed by atoms with van der Waals surface area (Å²) in [5.74, 6) is 0.189. The molecule has 0 saturated carbocycles. The zero-order valence-electron chi connectivity index (χ0n) is 17.8. The van der Waals surface area contributed by atoms with Crippen molar-refractivity contribution >= 4 is 17.9 Å². The van der Waals surface area contributed by atoms with Gasteiger partial charge >= 0.3 is 6.09 Å². The Morgan fingerprint density at radius 2 is 1.64 bits per heavy atom. The molecule has 3 amide bonds. The Morgan fingerprint density at radius 1 is 0.964 bits per heavy atom. The van der Waals surface area contributed by atoms with Gasteiger partial charge in [0.25, 0.3) is 0 Å². The predicted molar refractivity (Wildman–Crippen MR) is 107 cm³/mol. The van der Waals surface area contributed by atoms with E-state index >= 15 is 0 Å². The molecule has 1 N–H and O–H groups in total. The van der Waals surface area contributed by atoms with E-state index < -0.39 is 5.60 Å². The van der Waals surface area contributed by atoms with Crippen molar-refractivity contribution in [2.24, 2.45) is 5.92 Å². The molecule has 0 radical (unpaired) electrons. The number of nitrogens with zero attached hydrogens (tertiary/aromatic N) is 3. The van der Waals surface area contributed by atoms with Crippen LogP contribution in [0.15, 0.2) is 0 Å². The number of hydrogen-bond acceptors (Lipinski definition) is 5. The average molecular weight is 397 g/mol. The predicted octanol–water partition coefficient (Wildman–Crippen LogP) is 1.30. The summed E-state index contributed by atoms with van der Waals surface area (Å²) in [6.07, 6.45) is 1.94. The molecule has 8 nitrogen and oxygen atoms in total. The van der Waals surface area contributed by atoms with Crippen molar-refractivity contribution in [3.63, 3.8) is 0 Å². The fraction of sp³-hybridized carbons (Fsp3) is 0.850. The second kappa shape index (κ2) is 10.1. The maximum atomic E-state index is 12.9. The molecule has 2 saturated heterocycles. The minimum absolute atomic E-state index is 0.0337. The highest BCUT2D eigenvalue weighted by atomic mass is 16.6. The third-order valence-electron chi connectivity index (χ3n) is 5.14. The van der Waals surface area contributed by atoms with E-state index in [0.717, 1.165) is 26.1 Å². The Kier molecular flexibility index (Phi) is 8.10. The maximum absolute atomic E-state index is 12.9. The zero-order valence-corrected chi connectivity index (χ0v) is 17.8. The summed E-state index contributed by atoms with van der Waals surface area (Å²) in [7, 11) is 0. The monoisotopic (exact) mass is 396 g/mol. The van der Waals surface area contributed by atoms with Crippen LogP contribution in [-0.2, 0) is 14.3 Å². The van der Waals surface area contributed by atoms with Crippen molar-refractivity contribution in [2.75, 3.05) is 52.4 Å². The second-order valence-corrected chi connectivity index (χ2v) is 8.65. The lowest BCUT2D eigenvalue weighted by atomic mass is 9.95. The second-order valence-electron chi connectivity index (χ2n) is 8.65. The molecule has 160 valence electrons. The SMILES string of the molecule is CCNC(=O)CN1CCCN(C(=O)C2CCN(C(=O)OC(C)(C)C)CC2)CC1. The van der Waals surface area contributed by atoms with Gasteiger partial charge in [0.2, 0.25) is 11.8 Å². The first-order valence-corrected chi connectivity index (χ1v) is 10.5. The lowest BCUT2D eigenvalue weighted by molar-refractivity contribution is -0.137. The number of likely N-dealkylation sites (N-methyl/N-ethyl adjacent to an activating group) is 1. The van der Waals surface area contributed by atoms with Crippen molar-refractivity contribution in [2.45, 2.75) is 52.6 Å². The molecule has 28 heavy (non-hydrogen) atoms. The van der Waals surface area contributed by atoms with E-state index in [1.165, 1.54) is 0 Å². The number of hydrogen-bond donors (Lipinski definition) is 1. The smallest absolute Gasteiger partial charge is 0.410 e. The molecule has 0 aliphatic carbocycles. The van der Waals surface area contributed by atoms with Crippen LogP contribution in [0.2, 0.25) is 0 Å². The summed E-state index contributed by atoms with van der Waals surface area (Å²) in [5.41, 5.74) is -0.504. The summed E-state index contributed by atoms with van der Waals surface area (Å²) in [5, 5.41) is 2.82. The van der Waals surface area contributed by atoms with E-state index in [4.69, 9.17) is 4.74 Å². The van der Waals surface area contributed by atoms with E-state index in [0.29, 0.717) is 45.6 Å². The Hall–Kier alpha value is -1.83. The maximum Gasteiger partial charge on any atom is 0.410 e. The summed E-state index contributed by atoms with van der Waals surface area (Å²) in [6, 6.07) is 0. The van der Waals surface area contributed by atoms with Gasteiger partial charge in [0.15, 0.2) is 0 Å². The third-order valence-corrected chi connectivity index (χ3v) is 5.14. The van der Waals surface area contributed by atoms with Crippen LogP contribution in [0.4, 0.5) is 4.79 Å². The van der Waals surface area contributed by atoms with Gasteiger partial charge in [-0.05, 0) is 47.0 Å². The van der Waals surface area contributed by atoms with Crippen molar-refractivity contribution in [3.8, 4) is 0 Å². The van der Waals surface area contributed by atoms with Gasteiger partial charge in [0.1, 0.15) is 5.60 Å². The molecule has 0 atom stereocenters. The molecule has 2 heterocycles. The highest BCUT2D eigenvalue weighted by molar-refractivity contribution is 5.80. The summed E-state index contributed by atoms with van der Waals surface area (Å²) >= 11 is 0. The van der Waals surface area contributed by atoms with Crippen molar-refractivity contribution in [1.82, 2.24) is 20.0 Å². The lowest BCUT2D eigenvalue weighted by Crippen LogP contribution is -2.46. The standard InChI is InChI=1S/C20H36N4O4/c1-5-21-17(25)15-22-9-6-10-23(14-13-22)18(26)16-7-11-24(12-8-16)19(27)28-20(2,3)4/h16H,5-15H2,1-4H3,(H,21,25). The number of carbonyl (C=O) groups is 3. The Balaban J connectivity index is 1.78. The van der Waals surface area contributed by atoms with E-state index in [-0.39, 0.29) is 23.8 Å². The van der Waals surface area contributed by atoms with Crippen LogP contribution in [0, 0.1) is 5.92 Å². The molecule has 0 aromatic carbocycles. The molecular formula is C20H36N4O4. The fourth-order valence-electron chi connectivity index (χ4n) is 3.70. The van der Waals surface area contributed by atoms with Crippen molar-refractivity contribution in [3.05, 3.63) is 0 Å². The van der Waals surface area contributed by atoms with E-state index in [9.17, 15) is 14.4 Å². The number of likely N-dealkylation sites (tertiary alicyclic amines) is 1. The highest BCUT2D eigenvalue weighted by Crippen LogP contribution is 2.22. The molecule has 0 aromatic heterocycles. The molecule has 8 heteroatoms. The number of nitrogens with one attached hydrogen (secondary N) is 1. The average Bonchev–Trinajstić information content (AvgIpc) is 2.85. The number of ether oxygens (including phenoxy) is 1. The van der Waals surface area contributed by atoms with Gasteiger partial charge in [0, 0.05) is 51.7 Å². The van der Waals surface area contributed by atoms with Gasteiger partial charge in [-0.3, -0.25) is 14.5 Å². The molecule has 2 rings (SSSR count). The van der Waals surface area contributed by atoms with Crippen LogP contribution in [0.25, 0.3) is 0 Å². The van der Waals surface area contributed by atoms with Crippen molar-refractivity contribution in [1.29, 1.82) is 0 Å². The minimum Gasteiger partial charge on any atom is -0.444 e.